The Morgan fingerprint density at radius 3 is 2.78 bits per heavy atom. The Morgan fingerprint density at radius 1 is 1.28 bits per heavy atom. The molecule has 3 heteroatoms. The van der Waals surface area contributed by atoms with Crippen LogP contribution in [0.1, 0.15) is 30.0 Å². The fraction of sp³-hybridized carbons (Fsp3) is 0.333. The Kier molecular flexibility index (Phi) is 4.05. The molecule has 0 aliphatic rings. The van der Waals surface area contributed by atoms with Crippen LogP contribution in [0.5, 0.6) is 5.75 Å². The molecule has 1 aromatic heterocycles. The molecule has 2 N–H and O–H groups in total. The number of nitrogens with two attached hydrogens (primary N) is 1. The second kappa shape index (κ2) is 5.74. The van der Waals surface area contributed by atoms with Gasteiger partial charge in [-0.25, -0.2) is 0 Å². The summed E-state index contributed by atoms with van der Waals surface area (Å²) in [6.07, 6.45) is 1.64. The van der Waals surface area contributed by atoms with Crippen molar-refractivity contribution in [1.29, 1.82) is 0 Å². The van der Waals surface area contributed by atoms with Gasteiger partial charge in [0.05, 0.1) is 13.2 Å². The first-order chi connectivity index (χ1) is 8.72. The molecule has 2 aromatic rings. The average molecular weight is 245 g/mol. The van der Waals surface area contributed by atoms with Crippen LogP contribution >= 0.6 is 0 Å². The van der Waals surface area contributed by atoms with Gasteiger partial charge >= 0.3 is 0 Å². The summed E-state index contributed by atoms with van der Waals surface area (Å²) in [5, 5.41) is 0. The molecule has 0 saturated carbocycles. The topological polar surface area (TPSA) is 48.4 Å². The standard InChI is InChI=1S/C15H19NO2/c1-3-12-7-8-15(18-12)14(16)10-11-5-4-6-13(9-11)17-2/h4-9,14H,3,10,16H2,1-2H3. The highest BCUT2D eigenvalue weighted by Crippen LogP contribution is 2.21. The summed E-state index contributed by atoms with van der Waals surface area (Å²) in [4.78, 5) is 0. The number of furan rings is 1. The molecular weight excluding hydrogens is 226 g/mol. The van der Waals surface area contributed by atoms with E-state index < -0.39 is 0 Å². The molecule has 0 bridgehead atoms. The fourth-order valence-corrected chi connectivity index (χ4v) is 1.94. The molecule has 1 aromatic carbocycles. The van der Waals surface area contributed by atoms with Crippen molar-refractivity contribution in [2.75, 3.05) is 7.11 Å². The lowest BCUT2D eigenvalue weighted by Gasteiger charge is -2.10. The summed E-state index contributed by atoms with van der Waals surface area (Å²) in [5.41, 5.74) is 7.30. The van der Waals surface area contributed by atoms with Gasteiger partial charge in [-0.05, 0) is 36.2 Å². The minimum Gasteiger partial charge on any atom is -0.497 e. The van der Waals surface area contributed by atoms with E-state index in [0.29, 0.717) is 0 Å². The van der Waals surface area contributed by atoms with Gasteiger partial charge in [0.25, 0.3) is 0 Å². The molecule has 0 saturated heterocycles. The van der Waals surface area contributed by atoms with Gasteiger partial charge in [0.15, 0.2) is 0 Å². The van der Waals surface area contributed by atoms with Gasteiger partial charge in [0.2, 0.25) is 0 Å². The van der Waals surface area contributed by atoms with Gasteiger partial charge in [0.1, 0.15) is 17.3 Å². The van der Waals surface area contributed by atoms with Crippen LogP contribution in [0, 0.1) is 0 Å². The van der Waals surface area contributed by atoms with Gasteiger partial charge in [0, 0.05) is 6.42 Å². The predicted molar refractivity (Wildman–Crippen MR) is 71.7 cm³/mol. The molecule has 0 spiro atoms. The molecule has 2 rings (SSSR count). The van der Waals surface area contributed by atoms with E-state index in [9.17, 15) is 0 Å². The van der Waals surface area contributed by atoms with Crippen LogP contribution in [0.25, 0.3) is 0 Å². The van der Waals surface area contributed by atoms with Crippen molar-refractivity contribution in [2.45, 2.75) is 25.8 Å². The second-order valence-corrected chi connectivity index (χ2v) is 4.32. The van der Waals surface area contributed by atoms with Crippen LogP contribution in [0.3, 0.4) is 0 Å². The molecule has 1 unspecified atom stereocenters. The summed E-state index contributed by atoms with van der Waals surface area (Å²) < 4.78 is 10.9. The van der Waals surface area contributed by atoms with E-state index in [1.54, 1.807) is 7.11 Å². The molecule has 0 amide bonds. The predicted octanol–water partition coefficient (Wildman–Crippen LogP) is 3.09. The number of hydrogen-bond acceptors (Lipinski definition) is 3. The highest BCUT2D eigenvalue weighted by atomic mass is 16.5. The molecule has 0 aliphatic carbocycles. The molecule has 0 radical (unpaired) electrons. The maximum Gasteiger partial charge on any atom is 0.121 e. The minimum atomic E-state index is -0.114. The summed E-state index contributed by atoms with van der Waals surface area (Å²) in [6.45, 7) is 2.07. The van der Waals surface area contributed by atoms with Crippen molar-refractivity contribution < 1.29 is 9.15 Å². The highest BCUT2D eigenvalue weighted by Gasteiger charge is 2.11. The molecule has 96 valence electrons. The van der Waals surface area contributed by atoms with Gasteiger partial charge in [-0.1, -0.05) is 19.1 Å². The van der Waals surface area contributed by atoms with Crippen LogP contribution in [0.2, 0.25) is 0 Å². The summed E-state index contributed by atoms with van der Waals surface area (Å²) in [7, 11) is 1.67. The van der Waals surface area contributed by atoms with Crippen molar-refractivity contribution in [3.8, 4) is 5.75 Å². The maximum absolute atomic E-state index is 6.15. The van der Waals surface area contributed by atoms with Crippen molar-refractivity contribution in [1.82, 2.24) is 0 Å². The van der Waals surface area contributed by atoms with E-state index in [0.717, 1.165) is 35.7 Å². The molecule has 3 nitrogen and oxygen atoms in total. The third kappa shape index (κ3) is 2.93. The molecule has 1 heterocycles. The maximum atomic E-state index is 6.15. The Hall–Kier alpha value is -1.74. The van der Waals surface area contributed by atoms with Crippen molar-refractivity contribution >= 4 is 0 Å². The Bertz CT molecular complexity index is 505. The minimum absolute atomic E-state index is 0.114. The van der Waals surface area contributed by atoms with E-state index >= 15 is 0 Å². The first kappa shape index (κ1) is 12.7. The van der Waals surface area contributed by atoms with Crippen LogP contribution < -0.4 is 10.5 Å². The first-order valence-electron chi connectivity index (χ1n) is 6.20. The summed E-state index contributed by atoms with van der Waals surface area (Å²) >= 11 is 0. The lowest BCUT2D eigenvalue weighted by Crippen LogP contribution is -2.12. The van der Waals surface area contributed by atoms with Crippen LogP contribution in [-0.4, -0.2) is 7.11 Å². The zero-order valence-electron chi connectivity index (χ0n) is 10.8. The van der Waals surface area contributed by atoms with Crippen LogP contribution in [0.15, 0.2) is 40.8 Å². The Labute approximate surface area is 108 Å². The number of methoxy groups -OCH3 is 1. The molecule has 1 atom stereocenters. The van der Waals surface area contributed by atoms with E-state index in [4.69, 9.17) is 14.9 Å². The summed E-state index contributed by atoms with van der Waals surface area (Å²) in [6, 6.07) is 11.8. The largest absolute Gasteiger partial charge is 0.497 e. The third-order valence-electron chi connectivity index (χ3n) is 2.99. The lowest BCUT2D eigenvalue weighted by atomic mass is 10.0. The molecule has 0 fully saturated rings. The molecule has 0 aliphatic heterocycles. The second-order valence-electron chi connectivity index (χ2n) is 4.32. The van der Waals surface area contributed by atoms with E-state index in [2.05, 4.69) is 6.92 Å². The van der Waals surface area contributed by atoms with Gasteiger partial charge in [-0.15, -0.1) is 0 Å². The number of benzene rings is 1. The van der Waals surface area contributed by atoms with Crippen molar-refractivity contribution in [2.24, 2.45) is 5.73 Å². The van der Waals surface area contributed by atoms with Gasteiger partial charge < -0.3 is 14.9 Å². The van der Waals surface area contributed by atoms with E-state index in [-0.39, 0.29) is 6.04 Å². The Morgan fingerprint density at radius 2 is 2.11 bits per heavy atom. The quantitative estimate of drug-likeness (QED) is 0.880. The zero-order chi connectivity index (χ0) is 13.0. The number of rotatable bonds is 5. The van der Waals surface area contributed by atoms with Crippen molar-refractivity contribution in [3.05, 3.63) is 53.5 Å². The molecule has 18 heavy (non-hydrogen) atoms. The van der Waals surface area contributed by atoms with Crippen LogP contribution in [0.4, 0.5) is 0 Å². The highest BCUT2D eigenvalue weighted by molar-refractivity contribution is 5.29. The van der Waals surface area contributed by atoms with Crippen LogP contribution in [-0.2, 0) is 12.8 Å². The monoisotopic (exact) mass is 245 g/mol. The van der Waals surface area contributed by atoms with E-state index in [1.165, 1.54) is 0 Å². The first-order valence-corrected chi connectivity index (χ1v) is 6.20. The number of aryl methyl sites for hydroxylation is 1. The number of hydrogen-bond donors (Lipinski definition) is 1. The number of ether oxygens (including phenoxy) is 1. The smallest absolute Gasteiger partial charge is 0.121 e. The molecular formula is C15H19NO2. The normalized spacial score (nSPS) is 12.4. The summed E-state index contributed by atoms with van der Waals surface area (Å²) in [5.74, 6) is 2.68. The SMILES string of the molecule is CCc1ccc(C(N)Cc2cccc(OC)c2)o1. The fourth-order valence-electron chi connectivity index (χ4n) is 1.94. The van der Waals surface area contributed by atoms with E-state index in [1.807, 2.05) is 36.4 Å². The Balaban J connectivity index is 2.08. The zero-order valence-corrected chi connectivity index (χ0v) is 10.8. The lowest BCUT2D eigenvalue weighted by molar-refractivity contribution is 0.413. The van der Waals surface area contributed by atoms with Gasteiger partial charge in [-0.2, -0.15) is 0 Å². The third-order valence-corrected chi connectivity index (χ3v) is 2.99. The van der Waals surface area contributed by atoms with Crippen molar-refractivity contribution in [3.63, 3.8) is 0 Å². The van der Waals surface area contributed by atoms with Gasteiger partial charge in [-0.3, -0.25) is 0 Å². The average Bonchev–Trinajstić information content (AvgIpc) is 2.88.